The zero-order chi connectivity index (χ0) is 22.9. The van der Waals surface area contributed by atoms with E-state index in [0.717, 1.165) is 28.5 Å². The van der Waals surface area contributed by atoms with Crippen molar-refractivity contribution in [1.82, 2.24) is 15.2 Å². The maximum Gasteiger partial charge on any atom is 0.252 e. The van der Waals surface area contributed by atoms with Crippen molar-refractivity contribution in [3.63, 3.8) is 0 Å². The summed E-state index contributed by atoms with van der Waals surface area (Å²) in [5.41, 5.74) is 10.3. The van der Waals surface area contributed by atoms with E-state index in [1.807, 2.05) is 38.2 Å². The summed E-state index contributed by atoms with van der Waals surface area (Å²) < 4.78 is 23.5. The van der Waals surface area contributed by atoms with Gasteiger partial charge in [-0.25, -0.2) is 8.42 Å². The molecule has 170 valence electrons. The van der Waals surface area contributed by atoms with Gasteiger partial charge in [0.1, 0.15) is 9.84 Å². The van der Waals surface area contributed by atoms with E-state index < -0.39 is 15.7 Å². The Morgan fingerprint density at radius 3 is 2.62 bits per heavy atom. The van der Waals surface area contributed by atoms with E-state index in [-0.39, 0.29) is 17.5 Å². The Morgan fingerprint density at radius 2 is 2.00 bits per heavy atom. The third-order valence-corrected chi connectivity index (χ3v) is 7.75. The molecule has 1 aliphatic rings. The van der Waals surface area contributed by atoms with Gasteiger partial charge in [0.2, 0.25) is 0 Å². The number of sulfone groups is 1. The molecule has 1 saturated heterocycles. The minimum absolute atomic E-state index is 0.0904. The van der Waals surface area contributed by atoms with Crippen LogP contribution in [0.4, 0.5) is 5.69 Å². The van der Waals surface area contributed by atoms with Crippen molar-refractivity contribution < 1.29 is 13.2 Å². The molecule has 0 bridgehead atoms. The first-order valence-electron chi connectivity index (χ1n) is 11.0. The lowest BCUT2D eigenvalue weighted by atomic mass is 9.93. The van der Waals surface area contributed by atoms with E-state index in [1.54, 1.807) is 6.20 Å². The highest BCUT2D eigenvalue weighted by Gasteiger charge is 2.25. The highest BCUT2D eigenvalue weighted by atomic mass is 32.2. The molecule has 8 nitrogen and oxygen atoms in total. The molecule has 1 fully saturated rings. The number of nitrogens with one attached hydrogen (secondary N) is 2. The van der Waals surface area contributed by atoms with E-state index in [0.29, 0.717) is 42.1 Å². The van der Waals surface area contributed by atoms with Crippen molar-refractivity contribution >= 4 is 32.3 Å². The third kappa shape index (κ3) is 4.77. The van der Waals surface area contributed by atoms with Gasteiger partial charge < -0.3 is 11.1 Å². The standard InChI is InChI=1S/C23H29N5O3S/c1-14(2)27-22-18-11-16(17-12-25-26-13-17)4-6-19(18)28-20(21(22)23(24)29)5-3-15-7-9-32(30,31)10-8-15/h4,6,11-15H,3,5,7-10H2,1-2H3,(H2,24,29)(H,25,26)(H,27,28). The number of nitrogens with two attached hydrogens (primary N) is 1. The molecular formula is C23H29N5O3S. The molecule has 0 radical (unpaired) electrons. The lowest BCUT2D eigenvalue weighted by Gasteiger charge is -2.23. The first-order valence-corrected chi connectivity index (χ1v) is 12.8. The number of anilines is 1. The van der Waals surface area contributed by atoms with Gasteiger partial charge in [-0.3, -0.25) is 14.9 Å². The number of aromatic nitrogens is 3. The monoisotopic (exact) mass is 455 g/mol. The second-order valence-electron chi connectivity index (χ2n) is 8.82. The smallest absolute Gasteiger partial charge is 0.252 e. The van der Waals surface area contributed by atoms with E-state index in [2.05, 4.69) is 15.5 Å². The zero-order valence-corrected chi connectivity index (χ0v) is 19.2. The molecular weight excluding hydrogens is 426 g/mol. The molecule has 0 spiro atoms. The second kappa shape index (κ2) is 8.90. The van der Waals surface area contributed by atoms with Crippen molar-refractivity contribution in [2.45, 2.75) is 45.6 Å². The lowest BCUT2D eigenvalue weighted by Crippen LogP contribution is -2.24. The predicted molar refractivity (Wildman–Crippen MR) is 126 cm³/mol. The molecule has 0 atom stereocenters. The molecule has 0 aliphatic carbocycles. The second-order valence-corrected chi connectivity index (χ2v) is 11.1. The molecule has 1 aliphatic heterocycles. The highest BCUT2D eigenvalue weighted by Crippen LogP contribution is 2.34. The van der Waals surface area contributed by atoms with Crippen LogP contribution in [0.15, 0.2) is 30.6 Å². The number of amides is 1. The van der Waals surface area contributed by atoms with Crippen molar-refractivity contribution in [1.29, 1.82) is 0 Å². The van der Waals surface area contributed by atoms with Gasteiger partial charge in [0, 0.05) is 23.2 Å². The van der Waals surface area contributed by atoms with Crippen LogP contribution >= 0.6 is 0 Å². The van der Waals surface area contributed by atoms with Crippen LogP contribution in [0.3, 0.4) is 0 Å². The van der Waals surface area contributed by atoms with Crippen LogP contribution < -0.4 is 11.1 Å². The third-order valence-electron chi connectivity index (χ3n) is 6.03. The fraction of sp³-hybridized carbons (Fsp3) is 0.435. The summed E-state index contributed by atoms with van der Waals surface area (Å²) >= 11 is 0. The Morgan fingerprint density at radius 1 is 1.25 bits per heavy atom. The summed E-state index contributed by atoms with van der Waals surface area (Å²) in [5.74, 6) is 0.268. The van der Waals surface area contributed by atoms with Gasteiger partial charge in [0.15, 0.2) is 0 Å². The molecule has 1 amide bonds. The predicted octanol–water partition coefficient (Wildman–Crippen LogP) is 3.30. The quantitative estimate of drug-likeness (QED) is 0.501. The number of aryl methyl sites for hydroxylation is 1. The first-order chi connectivity index (χ1) is 15.2. The molecule has 3 heterocycles. The maximum atomic E-state index is 12.6. The number of aromatic amines is 1. The van der Waals surface area contributed by atoms with Gasteiger partial charge in [-0.2, -0.15) is 5.10 Å². The number of hydrogen-bond donors (Lipinski definition) is 3. The fourth-order valence-corrected chi connectivity index (χ4v) is 5.94. The largest absolute Gasteiger partial charge is 0.382 e. The molecule has 9 heteroatoms. The molecule has 4 N–H and O–H groups in total. The molecule has 2 aromatic heterocycles. The van der Waals surface area contributed by atoms with Crippen molar-refractivity contribution in [2.75, 3.05) is 16.8 Å². The number of hydrogen-bond acceptors (Lipinski definition) is 6. The normalized spacial score (nSPS) is 16.5. The number of carbonyl (C=O) groups is 1. The maximum absolute atomic E-state index is 12.6. The number of H-pyrrole nitrogens is 1. The molecule has 0 unspecified atom stereocenters. The molecule has 32 heavy (non-hydrogen) atoms. The van der Waals surface area contributed by atoms with Crippen LogP contribution in [-0.2, 0) is 16.3 Å². The minimum atomic E-state index is -2.90. The van der Waals surface area contributed by atoms with E-state index in [4.69, 9.17) is 10.7 Å². The zero-order valence-electron chi connectivity index (χ0n) is 18.4. The van der Waals surface area contributed by atoms with Crippen LogP contribution in [0.1, 0.15) is 49.2 Å². The molecule has 3 aromatic rings. The number of nitrogens with zero attached hydrogens (tertiary/aromatic N) is 2. The summed E-state index contributed by atoms with van der Waals surface area (Å²) in [5, 5.41) is 11.1. The Balaban J connectivity index is 1.74. The topological polar surface area (TPSA) is 131 Å². The van der Waals surface area contributed by atoms with Gasteiger partial charge >= 0.3 is 0 Å². The van der Waals surface area contributed by atoms with Crippen LogP contribution in [-0.4, -0.2) is 47.1 Å². The molecule has 1 aromatic carbocycles. The molecule has 0 saturated carbocycles. The van der Waals surface area contributed by atoms with Crippen LogP contribution in [0.5, 0.6) is 0 Å². The van der Waals surface area contributed by atoms with Gasteiger partial charge in [0.05, 0.1) is 40.2 Å². The Labute approximate surface area is 187 Å². The van der Waals surface area contributed by atoms with Crippen LogP contribution in [0.25, 0.3) is 22.0 Å². The van der Waals surface area contributed by atoms with Gasteiger partial charge in [0.25, 0.3) is 5.91 Å². The average Bonchev–Trinajstić information content (AvgIpc) is 3.27. The first kappa shape index (κ1) is 22.3. The number of rotatable bonds is 7. The van der Waals surface area contributed by atoms with E-state index in [1.165, 1.54) is 0 Å². The summed E-state index contributed by atoms with van der Waals surface area (Å²) in [6.45, 7) is 4.03. The van der Waals surface area contributed by atoms with Crippen molar-refractivity contribution in [2.24, 2.45) is 11.7 Å². The van der Waals surface area contributed by atoms with Gasteiger partial charge in [-0.1, -0.05) is 6.07 Å². The van der Waals surface area contributed by atoms with Crippen LogP contribution in [0, 0.1) is 5.92 Å². The Bertz CT molecular complexity index is 1220. The van der Waals surface area contributed by atoms with Crippen LogP contribution in [0.2, 0.25) is 0 Å². The highest BCUT2D eigenvalue weighted by molar-refractivity contribution is 7.91. The summed E-state index contributed by atoms with van der Waals surface area (Å²) in [4.78, 5) is 17.4. The van der Waals surface area contributed by atoms with Gasteiger partial charge in [-0.15, -0.1) is 0 Å². The number of benzene rings is 1. The summed E-state index contributed by atoms with van der Waals surface area (Å²) in [7, 11) is -2.90. The SMILES string of the molecule is CC(C)Nc1c(C(N)=O)c(CCC2CCS(=O)(=O)CC2)nc2ccc(-c3cn[nH]c3)cc12. The van der Waals surface area contributed by atoms with Crippen molar-refractivity contribution in [3.05, 3.63) is 41.9 Å². The average molecular weight is 456 g/mol. The number of primary amides is 1. The summed E-state index contributed by atoms with van der Waals surface area (Å²) in [6, 6.07) is 6.02. The number of pyridine rings is 1. The van der Waals surface area contributed by atoms with E-state index in [9.17, 15) is 13.2 Å². The fourth-order valence-electron chi connectivity index (χ4n) is 4.36. The summed E-state index contributed by atoms with van der Waals surface area (Å²) in [6.07, 6.45) is 6.24. The lowest BCUT2D eigenvalue weighted by molar-refractivity contribution is 0.0999. The number of fused-ring (bicyclic) bond motifs is 1. The Hall–Kier alpha value is -2.94. The van der Waals surface area contributed by atoms with Gasteiger partial charge in [-0.05, 0) is 63.1 Å². The van der Waals surface area contributed by atoms with E-state index >= 15 is 0 Å². The Kier molecular flexibility index (Phi) is 6.19. The minimum Gasteiger partial charge on any atom is -0.382 e. The molecule has 4 rings (SSSR count). The number of carbonyl (C=O) groups excluding carboxylic acids is 1. The van der Waals surface area contributed by atoms with Crippen molar-refractivity contribution in [3.8, 4) is 11.1 Å².